The number of halogens is 1. The van der Waals surface area contributed by atoms with E-state index in [1.807, 2.05) is 31.2 Å². The summed E-state index contributed by atoms with van der Waals surface area (Å²) in [7, 11) is 0. The molecule has 1 aromatic rings. The number of benzene rings is 1. The van der Waals surface area contributed by atoms with Gasteiger partial charge in [0, 0.05) is 17.1 Å². The Labute approximate surface area is 132 Å². The molecule has 2 rings (SSSR count). The summed E-state index contributed by atoms with van der Waals surface area (Å²) < 4.78 is 0. The molecule has 1 aliphatic carbocycles. The van der Waals surface area contributed by atoms with Crippen molar-refractivity contribution < 1.29 is 4.79 Å². The zero-order chi connectivity index (χ0) is 15.2. The SMILES string of the molecule is CC(NC(C)c1cccc(Cl)c1)C(=O)NC1CCCCC1. The maximum atomic E-state index is 12.2. The van der Waals surface area contributed by atoms with Crippen molar-refractivity contribution in [3.8, 4) is 0 Å². The van der Waals surface area contributed by atoms with E-state index in [1.165, 1.54) is 19.3 Å². The number of carbonyl (C=O) groups is 1. The Balaban J connectivity index is 1.84. The van der Waals surface area contributed by atoms with E-state index in [0.717, 1.165) is 23.4 Å². The number of nitrogens with one attached hydrogen (secondary N) is 2. The first-order chi connectivity index (χ1) is 10.1. The first kappa shape index (κ1) is 16.3. The average molecular weight is 309 g/mol. The third kappa shape index (κ3) is 5.01. The Morgan fingerprint density at radius 2 is 1.95 bits per heavy atom. The molecule has 1 aromatic carbocycles. The predicted molar refractivity (Wildman–Crippen MR) is 87.5 cm³/mol. The lowest BCUT2D eigenvalue weighted by molar-refractivity contribution is -0.123. The largest absolute Gasteiger partial charge is 0.352 e. The summed E-state index contributed by atoms with van der Waals surface area (Å²) in [6, 6.07) is 7.99. The Hall–Kier alpha value is -1.06. The maximum Gasteiger partial charge on any atom is 0.237 e. The summed E-state index contributed by atoms with van der Waals surface area (Å²) >= 11 is 6.01. The second kappa shape index (κ2) is 7.81. The maximum absolute atomic E-state index is 12.2. The molecule has 2 N–H and O–H groups in total. The third-order valence-corrected chi connectivity index (χ3v) is 4.43. The Morgan fingerprint density at radius 1 is 1.24 bits per heavy atom. The van der Waals surface area contributed by atoms with Crippen LogP contribution in [-0.4, -0.2) is 18.0 Å². The smallest absolute Gasteiger partial charge is 0.237 e. The van der Waals surface area contributed by atoms with E-state index in [0.29, 0.717) is 6.04 Å². The van der Waals surface area contributed by atoms with Gasteiger partial charge in [-0.05, 0) is 44.4 Å². The van der Waals surface area contributed by atoms with Crippen molar-refractivity contribution in [2.45, 2.75) is 64.1 Å². The average Bonchev–Trinajstić information content (AvgIpc) is 2.48. The van der Waals surface area contributed by atoms with Gasteiger partial charge in [0.25, 0.3) is 0 Å². The molecule has 0 radical (unpaired) electrons. The first-order valence-corrected chi connectivity index (χ1v) is 8.26. The van der Waals surface area contributed by atoms with E-state index < -0.39 is 0 Å². The minimum absolute atomic E-state index is 0.0933. The molecule has 1 fully saturated rings. The van der Waals surface area contributed by atoms with Crippen LogP contribution in [0.5, 0.6) is 0 Å². The predicted octanol–water partition coefficient (Wildman–Crippen LogP) is 3.83. The van der Waals surface area contributed by atoms with Crippen LogP contribution in [0.15, 0.2) is 24.3 Å². The second-order valence-corrected chi connectivity index (χ2v) is 6.45. The zero-order valence-corrected chi connectivity index (χ0v) is 13.6. The molecule has 0 saturated heterocycles. The van der Waals surface area contributed by atoms with Gasteiger partial charge in [0.05, 0.1) is 6.04 Å². The van der Waals surface area contributed by atoms with Crippen molar-refractivity contribution in [3.63, 3.8) is 0 Å². The highest BCUT2D eigenvalue weighted by atomic mass is 35.5. The molecular weight excluding hydrogens is 284 g/mol. The van der Waals surface area contributed by atoms with Crippen molar-refractivity contribution in [1.29, 1.82) is 0 Å². The standard InChI is InChI=1S/C17H25ClN2O/c1-12(14-7-6-8-15(18)11-14)19-13(2)17(21)20-16-9-4-3-5-10-16/h6-8,11-13,16,19H,3-5,9-10H2,1-2H3,(H,20,21). The molecule has 0 heterocycles. The van der Waals surface area contributed by atoms with Crippen molar-refractivity contribution in [2.24, 2.45) is 0 Å². The van der Waals surface area contributed by atoms with Crippen molar-refractivity contribution in [1.82, 2.24) is 10.6 Å². The van der Waals surface area contributed by atoms with Crippen molar-refractivity contribution in [2.75, 3.05) is 0 Å². The molecule has 1 aliphatic rings. The van der Waals surface area contributed by atoms with Crippen LogP contribution in [0.1, 0.15) is 57.6 Å². The van der Waals surface area contributed by atoms with Gasteiger partial charge in [-0.2, -0.15) is 0 Å². The molecule has 1 saturated carbocycles. The van der Waals surface area contributed by atoms with Crippen LogP contribution >= 0.6 is 11.6 Å². The third-order valence-electron chi connectivity index (χ3n) is 4.19. The quantitative estimate of drug-likeness (QED) is 0.868. The first-order valence-electron chi connectivity index (χ1n) is 7.88. The van der Waals surface area contributed by atoms with E-state index >= 15 is 0 Å². The summed E-state index contributed by atoms with van der Waals surface area (Å²) in [5.74, 6) is 0.0933. The van der Waals surface area contributed by atoms with Gasteiger partial charge in [0.15, 0.2) is 0 Å². The molecule has 0 bridgehead atoms. The number of hydrogen-bond acceptors (Lipinski definition) is 2. The van der Waals surface area contributed by atoms with E-state index in [4.69, 9.17) is 11.6 Å². The fourth-order valence-electron chi connectivity index (χ4n) is 2.90. The van der Waals surface area contributed by atoms with Crippen LogP contribution in [0.25, 0.3) is 0 Å². The monoisotopic (exact) mass is 308 g/mol. The Bertz CT molecular complexity index is 472. The van der Waals surface area contributed by atoms with Gasteiger partial charge in [0.2, 0.25) is 5.91 Å². The number of amides is 1. The van der Waals surface area contributed by atoms with Gasteiger partial charge in [-0.1, -0.05) is 43.0 Å². The molecule has 21 heavy (non-hydrogen) atoms. The van der Waals surface area contributed by atoms with E-state index in [2.05, 4.69) is 17.6 Å². The molecule has 2 unspecified atom stereocenters. The van der Waals surface area contributed by atoms with Gasteiger partial charge >= 0.3 is 0 Å². The van der Waals surface area contributed by atoms with Crippen LogP contribution in [0.2, 0.25) is 5.02 Å². The van der Waals surface area contributed by atoms with Crippen LogP contribution < -0.4 is 10.6 Å². The molecule has 2 atom stereocenters. The minimum Gasteiger partial charge on any atom is -0.352 e. The molecule has 4 heteroatoms. The van der Waals surface area contributed by atoms with Crippen molar-refractivity contribution in [3.05, 3.63) is 34.9 Å². The molecule has 0 spiro atoms. The van der Waals surface area contributed by atoms with E-state index in [-0.39, 0.29) is 18.0 Å². The van der Waals surface area contributed by atoms with Crippen LogP contribution in [0.4, 0.5) is 0 Å². The summed E-state index contributed by atoms with van der Waals surface area (Å²) in [6.45, 7) is 3.97. The molecular formula is C17H25ClN2O. The summed E-state index contributed by atoms with van der Waals surface area (Å²) in [6.07, 6.45) is 5.98. The summed E-state index contributed by atoms with van der Waals surface area (Å²) in [5.41, 5.74) is 1.10. The number of rotatable bonds is 5. The molecule has 3 nitrogen and oxygen atoms in total. The highest BCUT2D eigenvalue weighted by Gasteiger charge is 2.20. The Morgan fingerprint density at radius 3 is 2.62 bits per heavy atom. The zero-order valence-electron chi connectivity index (χ0n) is 12.9. The van der Waals surface area contributed by atoms with E-state index in [9.17, 15) is 4.79 Å². The minimum atomic E-state index is -0.207. The van der Waals surface area contributed by atoms with Crippen LogP contribution in [0.3, 0.4) is 0 Å². The normalized spacial score (nSPS) is 19.0. The molecule has 116 valence electrons. The van der Waals surface area contributed by atoms with Gasteiger partial charge in [-0.3, -0.25) is 10.1 Å². The summed E-state index contributed by atoms with van der Waals surface area (Å²) in [5, 5.41) is 7.22. The Kier molecular flexibility index (Phi) is 6.07. The second-order valence-electron chi connectivity index (χ2n) is 6.01. The molecule has 0 aliphatic heterocycles. The van der Waals surface area contributed by atoms with E-state index in [1.54, 1.807) is 0 Å². The molecule has 0 aromatic heterocycles. The van der Waals surface area contributed by atoms with Crippen molar-refractivity contribution >= 4 is 17.5 Å². The van der Waals surface area contributed by atoms with Gasteiger partial charge in [-0.25, -0.2) is 0 Å². The highest BCUT2D eigenvalue weighted by molar-refractivity contribution is 6.30. The summed E-state index contributed by atoms with van der Waals surface area (Å²) in [4.78, 5) is 12.2. The number of carbonyl (C=O) groups excluding carboxylic acids is 1. The van der Waals surface area contributed by atoms with Crippen LogP contribution in [0, 0.1) is 0 Å². The van der Waals surface area contributed by atoms with Gasteiger partial charge < -0.3 is 5.32 Å². The lowest BCUT2D eigenvalue weighted by Crippen LogP contribution is -2.47. The topological polar surface area (TPSA) is 41.1 Å². The van der Waals surface area contributed by atoms with Crippen LogP contribution in [-0.2, 0) is 4.79 Å². The fourth-order valence-corrected chi connectivity index (χ4v) is 3.09. The van der Waals surface area contributed by atoms with Gasteiger partial charge in [0.1, 0.15) is 0 Å². The number of hydrogen-bond donors (Lipinski definition) is 2. The van der Waals surface area contributed by atoms with Gasteiger partial charge in [-0.15, -0.1) is 0 Å². The fraction of sp³-hybridized carbons (Fsp3) is 0.588. The lowest BCUT2D eigenvalue weighted by Gasteiger charge is -2.26. The lowest BCUT2D eigenvalue weighted by atomic mass is 9.95. The highest BCUT2D eigenvalue weighted by Crippen LogP contribution is 2.19. The molecule has 1 amide bonds.